The highest BCUT2D eigenvalue weighted by molar-refractivity contribution is 7.98. The molecule has 0 aromatic heterocycles. The lowest BCUT2D eigenvalue weighted by Gasteiger charge is -2.04. The minimum Gasteiger partial charge on any atom is -0.381 e. The van der Waals surface area contributed by atoms with Crippen LogP contribution in [0, 0.1) is 0 Å². The number of thioether (sulfide) groups is 1. The summed E-state index contributed by atoms with van der Waals surface area (Å²) < 4.78 is 34.7. The molecule has 0 spiro atoms. The van der Waals surface area contributed by atoms with Gasteiger partial charge in [-0.2, -0.15) is 8.42 Å². The van der Waals surface area contributed by atoms with Gasteiger partial charge in [-0.25, -0.2) is 0 Å². The van der Waals surface area contributed by atoms with Gasteiger partial charge in [0.1, 0.15) is 0 Å². The predicted molar refractivity (Wildman–Crippen MR) is 73.8 cm³/mol. The standard InChI is InChI=1S/C12H18O4S2/c1-17-12-5-3-11(4-6-12)7-9-16-8-2-10-18(13,14)15/h3-6H,2,7-10H2,1H3,(H,13,14,15). The van der Waals surface area contributed by atoms with E-state index >= 15 is 0 Å². The molecule has 0 saturated heterocycles. The van der Waals surface area contributed by atoms with Crippen molar-refractivity contribution in [1.29, 1.82) is 0 Å². The monoisotopic (exact) mass is 290 g/mol. The third-order valence-electron chi connectivity index (χ3n) is 2.39. The Morgan fingerprint density at radius 3 is 2.44 bits per heavy atom. The van der Waals surface area contributed by atoms with Gasteiger partial charge in [0.15, 0.2) is 0 Å². The number of hydrogen-bond donors (Lipinski definition) is 1. The molecule has 0 aliphatic carbocycles. The quantitative estimate of drug-likeness (QED) is 0.452. The van der Waals surface area contributed by atoms with Gasteiger partial charge in [-0.1, -0.05) is 12.1 Å². The second kappa shape index (κ2) is 7.78. The first-order valence-electron chi connectivity index (χ1n) is 5.67. The maximum atomic E-state index is 10.4. The van der Waals surface area contributed by atoms with Gasteiger partial charge in [0, 0.05) is 11.5 Å². The van der Waals surface area contributed by atoms with Crippen molar-refractivity contribution < 1.29 is 17.7 Å². The maximum Gasteiger partial charge on any atom is 0.264 e. The molecular formula is C12H18O4S2. The molecule has 0 amide bonds. The van der Waals surface area contributed by atoms with Crippen molar-refractivity contribution in [1.82, 2.24) is 0 Å². The molecule has 6 heteroatoms. The van der Waals surface area contributed by atoms with Gasteiger partial charge in [0.2, 0.25) is 0 Å². The fourth-order valence-corrected chi connectivity index (χ4v) is 2.32. The van der Waals surface area contributed by atoms with E-state index in [9.17, 15) is 8.42 Å². The highest BCUT2D eigenvalue weighted by Gasteiger charge is 2.03. The molecular weight excluding hydrogens is 272 g/mol. The minimum atomic E-state index is -3.85. The second-order valence-corrected chi connectivity index (χ2v) is 6.30. The molecule has 0 fully saturated rings. The zero-order valence-corrected chi connectivity index (χ0v) is 12.0. The first-order chi connectivity index (χ1) is 8.51. The summed E-state index contributed by atoms with van der Waals surface area (Å²) in [5.41, 5.74) is 1.20. The first kappa shape index (κ1) is 15.5. The van der Waals surface area contributed by atoms with Crippen molar-refractivity contribution in [3.63, 3.8) is 0 Å². The zero-order chi connectivity index (χ0) is 13.4. The number of rotatable bonds is 8. The van der Waals surface area contributed by atoms with E-state index in [0.29, 0.717) is 19.6 Å². The highest BCUT2D eigenvalue weighted by Crippen LogP contribution is 2.15. The smallest absolute Gasteiger partial charge is 0.264 e. The lowest BCUT2D eigenvalue weighted by molar-refractivity contribution is 0.138. The van der Waals surface area contributed by atoms with E-state index < -0.39 is 10.1 Å². The van der Waals surface area contributed by atoms with Crippen molar-refractivity contribution in [2.24, 2.45) is 0 Å². The topological polar surface area (TPSA) is 63.6 Å². The van der Waals surface area contributed by atoms with E-state index in [-0.39, 0.29) is 5.75 Å². The van der Waals surface area contributed by atoms with Gasteiger partial charge in [0.25, 0.3) is 10.1 Å². The number of hydrogen-bond acceptors (Lipinski definition) is 4. The summed E-state index contributed by atoms with van der Waals surface area (Å²) in [6.07, 6.45) is 3.16. The van der Waals surface area contributed by atoms with E-state index in [0.717, 1.165) is 6.42 Å². The van der Waals surface area contributed by atoms with Crippen LogP contribution in [-0.4, -0.2) is 38.2 Å². The first-order valence-corrected chi connectivity index (χ1v) is 8.50. The summed E-state index contributed by atoms with van der Waals surface area (Å²) in [4.78, 5) is 1.23. The largest absolute Gasteiger partial charge is 0.381 e. The lowest BCUT2D eigenvalue weighted by atomic mass is 10.2. The van der Waals surface area contributed by atoms with Crippen LogP contribution in [0.2, 0.25) is 0 Å². The van der Waals surface area contributed by atoms with Crippen molar-refractivity contribution in [3.8, 4) is 0 Å². The average Bonchev–Trinajstić information content (AvgIpc) is 2.33. The van der Waals surface area contributed by atoms with E-state index in [1.165, 1.54) is 10.5 Å². The Hall–Kier alpha value is -0.560. The SMILES string of the molecule is CSc1ccc(CCOCCCS(=O)(=O)O)cc1. The van der Waals surface area contributed by atoms with Crippen molar-refractivity contribution >= 4 is 21.9 Å². The zero-order valence-electron chi connectivity index (χ0n) is 10.3. The third kappa shape index (κ3) is 7.00. The van der Waals surface area contributed by atoms with Crippen LogP contribution in [0.3, 0.4) is 0 Å². The van der Waals surface area contributed by atoms with Crippen LogP contribution in [0.4, 0.5) is 0 Å². The van der Waals surface area contributed by atoms with E-state index in [2.05, 4.69) is 24.3 Å². The van der Waals surface area contributed by atoms with Gasteiger partial charge in [-0.3, -0.25) is 4.55 Å². The predicted octanol–water partition coefficient (Wildman–Crippen LogP) is 2.25. The highest BCUT2D eigenvalue weighted by atomic mass is 32.2. The molecule has 4 nitrogen and oxygen atoms in total. The van der Waals surface area contributed by atoms with Crippen LogP contribution in [0.5, 0.6) is 0 Å². The van der Waals surface area contributed by atoms with Gasteiger partial charge >= 0.3 is 0 Å². The molecule has 1 aromatic carbocycles. The Morgan fingerprint density at radius 1 is 1.22 bits per heavy atom. The van der Waals surface area contributed by atoms with Crippen LogP contribution in [0.1, 0.15) is 12.0 Å². The van der Waals surface area contributed by atoms with Crippen LogP contribution < -0.4 is 0 Å². The Kier molecular flexibility index (Phi) is 6.70. The number of benzene rings is 1. The van der Waals surface area contributed by atoms with Crippen molar-refractivity contribution in [3.05, 3.63) is 29.8 Å². The summed E-state index contributed by atoms with van der Waals surface area (Å²) in [7, 11) is -3.85. The summed E-state index contributed by atoms with van der Waals surface area (Å²) >= 11 is 1.70. The van der Waals surface area contributed by atoms with Crippen LogP contribution in [0.15, 0.2) is 29.2 Å². The molecule has 0 bridgehead atoms. The summed E-state index contributed by atoms with van der Waals surface area (Å²) in [5, 5.41) is 0. The normalized spacial score (nSPS) is 11.7. The van der Waals surface area contributed by atoms with Gasteiger partial charge in [-0.15, -0.1) is 11.8 Å². The molecule has 102 valence electrons. The molecule has 1 N–H and O–H groups in total. The Labute approximate surface area is 112 Å². The lowest BCUT2D eigenvalue weighted by Crippen LogP contribution is -2.08. The molecule has 1 rings (SSSR count). The average molecular weight is 290 g/mol. The third-order valence-corrected chi connectivity index (χ3v) is 3.93. The number of ether oxygens (including phenoxy) is 1. The molecule has 0 heterocycles. The Morgan fingerprint density at radius 2 is 1.89 bits per heavy atom. The Bertz CT molecular complexity index is 440. The van der Waals surface area contributed by atoms with E-state index in [4.69, 9.17) is 9.29 Å². The maximum absolute atomic E-state index is 10.4. The molecule has 0 unspecified atom stereocenters. The molecule has 18 heavy (non-hydrogen) atoms. The molecule has 0 saturated carbocycles. The van der Waals surface area contributed by atoms with Crippen LogP contribution in [-0.2, 0) is 21.3 Å². The van der Waals surface area contributed by atoms with E-state index in [1.807, 2.05) is 6.26 Å². The van der Waals surface area contributed by atoms with Gasteiger partial charge < -0.3 is 4.74 Å². The van der Waals surface area contributed by atoms with Crippen molar-refractivity contribution in [2.75, 3.05) is 25.2 Å². The van der Waals surface area contributed by atoms with E-state index in [1.54, 1.807) is 11.8 Å². The molecule has 0 aliphatic rings. The summed E-state index contributed by atoms with van der Waals surface area (Å²) in [6.45, 7) is 0.910. The fourth-order valence-electron chi connectivity index (χ4n) is 1.43. The molecule has 0 aliphatic heterocycles. The minimum absolute atomic E-state index is 0.241. The Balaban J connectivity index is 2.14. The molecule has 0 atom stereocenters. The van der Waals surface area contributed by atoms with Gasteiger partial charge in [-0.05, 0) is 36.8 Å². The van der Waals surface area contributed by atoms with Crippen molar-refractivity contribution in [2.45, 2.75) is 17.7 Å². The second-order valence-electron chi connectivity index (χ2n) is 3.85. The molecule has 1 aromatic rings. The summed E-state index contributed by atoms with van der Waals surface area (Å²) in [5.74, 6) is -0.241. The van der Waals surface area contributed by atoms with Crippen LogP contribution in [0.25, 0.3) is 0 Å². The molecule has 0 radical (unpaired) electrons. The fraction of sp³-hybridized carbons (Fsp3) is 0.500. The van der Waals surface area contributed by atoms with Crippen LogP contribution >= 0.6 is 11.8 Å². The summed E-state index contributed by atoms with van der Waals surface area (Å²) in [6, 6.07) is 8.26. The van der Waals surface area contributed by atoms with Gasteiger partial charge in [0.05, 0.1) is 12.4 Å².